The molecule has 0 unspecified atom stereocenters. The SMILES string of the molecule is c1ccc(-c2ccc(C3OCCCO3)cc2)cc1. The molecule has 1 aliphatic heterocycles. The first kappa shape index (κ1) is 11.5. The van der Waals surface area contributed by atoms with Crippen LogP contribution in [-0.4, -0.2) is 13.2 Å². The molecule has 0 aromatic heterocycles. The molecule has 18 heavy (non-hydrogen) atoms. The normalized spacial score (nSPS) is 16.7. The Labute approximate surface area is 107 Å². The minimum atomic E-state index is -0.191. The molecular weight excluding hydrogens is 224 g/mol. The van der Waals surface area contributed by atoms with Crippen molar-refractivity contribution >= 4 is 0 Å². The number of benzene rings is 2. The van der Waals surface area contributed by atoms with Crippen molar-refractivity contribution in [3.05, 3.63) is 60.2 Å². The summed E-state index contributed by atoms with van der Waals surface area (Å²) in [6, 6.07) is 18.8. The average molecular weight is 240 g/mol. The predicted molar refractivity (Wildman–Crippen MR) is 71.1 cm³/mol. The van der Waals surface area contributed by atoms with E-state index in [0.29, 0.717) is 0 Å². The molecule has 0 amide bonds. The first-order valence-electron chi connectivity index (χ1n) is 6.32. The lowest BCUT2D eigenvalue weighted by atomic mass is 10.0. The van der Waals surface area contributed by atoms with Crippen LogP contribution in [0.5, 0.6) is 0 Å². The van der Waals surface area contributed by atoms with Crippen molar-refractivity contribution in [1.29, 1.82) is 0 Å². The highest BCUT2D eigenvalue weighted by molar-refractivity contribution is 5.63. The van der Waals surface area contributed by atoms with Crippen molar-refractivity contribution in [1.82, 2.24) is 0 Å². The minimum absolute atomic E-state index is 0.191. The summed E-state index contributed by atoms with van der Waals surface area (Å²) >= 11 is 0. The number of hydrogen-bond donors (Lipinski definition) is 0. The standard InChI is InChI=1S/C16H16O2/c1-2-5-13(6-3-1)14-7-9-15(10-8-14)16-17-11-4-12-18-16/h1-3,5-10,16H,4,11-12H2. The summed E-state index contributed by atoms with van der Waals surface area (Å²) in [6.45, 7) is 1.57. The Kier molecular flexibility index (Phi) is 3.40. The molecule has 2 heteroatoms. The van der Waals surface area contributed by atoms with E-state index in [1.165, 1.54) is 11.1 Å². The zero-order valence-corrected chi connectivity index (χ0v) is 10.2. The Morgan fingerprint density at radius 2 is 1.33 bits per heavy atom. The molecule has 3 rings (SSSR count). The van der Waals surface area contributed by atoms with Gasteiger partial charge in [0.15, 0.2) is 6.29 Å². The van der Waals surface area contributed by atoms with Gasteiger partial charge in [0.05, 0.1) is 13.2 Å². The van der Waals surface area contributed by atoms with Crippen molar-refractivity contribution in [3.63, 3.8) is 0 Å². The van der Waals surface area contributed by atoms with Crippen LogP contribution in [0.1, 0.15) is 18.3 Å². The van der Waals surface area contributed by atoms with Crippen molar-refractivity contribution in [2.24, 2.45) is 0 Å². The van der Waals surface area contributed by atoms with Crippen molar-refractivity contribution < 1.29 is 9.47 Å². The molecule has 0 spiro atoms. The first-order chi connectivity index (χ1) is 8.93. The zero-order valence-electron chi connectivity index (χ0n) is 10.2. The number of hydrogen-bond acceptors (Lipinski definition) is 2. The Bertz CT molecular complexity index is 484. The van der Waals surface area contributed by atoms with Crippen LogP contribution in [0.3, 0.4) is 0 Å². The molecule has 2 nitrogen and oxygen atoms in total. The summed E-state index contributed by atoms with van der Waals surface area (Å²) in [4.78, 5) is 0. The average Bonchev–Trinajstić information content (AvgIpc) is 2.49. The van der Waals surface area contributed by atoms with Gasteiger partial charge >= 0.3 is 0 Å². The fourth-order valence-corrected chi connectivity index (χ4v) is 2.14. The number of ether oxygens (including phenoxy) is 2. The monoisotopic (exact) mass is 240 g/mol. The fourth-order valence-electron chi connectivity index (χ4n) is 2.14. The Balaban J connectivity index is 1.80. The van der Waals surface area contributed by atoms with Crippen LogP contribution < -0.4 is 0 Å². The molecule has 0 aliphatic carbocycles. The fraction of sp³-hybridized carbons (Fsp3) is 0.250. The van der Waals surface area contributed by atoms with Gasteiger partial charge < -0.3 is 9.47 Å². The first-order valence-corrected chi connectivity index (χ1v) is 6.32. The zero-order chi connectivity index (χ0) is 12.2. The predicted octanol–water partition coefficient (Wildman–Crippen LogP) is 3.79. The van der Waals surface area contributed by atoms with Crippen LogP contribution in [0.15, 0.2) is 54.6 Å². The molecule has 0 N–H and O–H groups in total. The van der Waals surface area contributed by atoms with E-state index >= 15 is 0 Å². The molecule has 1 heterocycles. The third-order valence-electron chi connectivity index (χ3n) is 3.12. The Hall–Kier alpha value is -1.64. The summed E-state index contributed by atoms with van der Waals surface area (Å²) in [5.41, 5.74) is 3.54. The highest BCUT2D eigenvalue weighted by Gasteiger charge is 2.16. The van der Waals surface area contributed by atoms with Crippen LogP contribution >= 0.6 is 0 Å². The van der Waals surface area contributed by atoms with Crippen LogP contribution in [0, 0.1) is 0 Å². The quantitative estimate of drug-likeness (QED) is 0.795. The van der Waals surface area contributed by atoms with E-state index in [0.717, 1.165) is 25.2 Å². The van der Waals surface area contributed by atoms with Gasteiger partial charge in [-0.3, -0.25) is 0 Å². The topological polar surface area (TPSA) is 18.5 Å². The minimum Gasteiger partial charge on any atom is -0.348 e. The Morgan fingerprint density at radius 3 is 2.00 bits per heavy atom. The maximum Gasteiger partial charge on any atom is 0.183 e. The lowest BCUT2D eigenvalue weighted by Crippen LogP contribution is -2.17. The largest absolute Gasteiger partial charge is 0.348 e. The van der Waals surface area contributed by atoms with Gasteiger partial charge in [-0.05, 0) is 17.5 Å². The van der Waals surface area contributed by atoms with E-state index in [2.05, 4.69) is 48.5 Å². The molecule has 0 saturated carbocycles. The Morgan fingerprint density at radius 1 is 0.722 bits per heavy atom. The van der Waals surface area contributed by atoms with Gasteiger partial charge in [-0.2, -0.15) is 0 Å². The van der Waals surface area contributed by atoms with Gasteiger partial charge in [0.25, 0.3) is 0 Å². The second kappa shape index (κ2) is 5.34. The van der Waals surface area contributed by atoms with Gasteiger partial charge in [0, 0.05) is 5.56 Å². The van der Waals surface area contributed by atoms with Crippen molar-refractivity contribution in [3.8, 4) is 11.1 Å². The lowest BCUT2D eigenvalue weighted by Gasteiger charge is -2.23. The van der Waals surface area contributed by atoms with Gasteiger partial charge in [-0.25, -0.2) is 0 Å². The maximum absolute atomic E-state index is 5.59. The third-order valence-corrected chi connectivity index (χ3v) is 3.12. The van der Waals surface area contributed by atoms with E-state index in [1.807, 2.05) is 6.07 Å². The molecule has 2 aromatic rings. The smallest absolute Gasteiger partial charge is 0.183 e. The maximum atomic E-state index is 5.59. The summed E-state index contributed by atoms with van der Waals surface area (Å²) in [6.07, 6.45) is 0.794. The third kappa shape index (κ3) is 2.45. The van der Waals surface area contributed by atoms with Gasteiger partial charge in [-0.15, -0.1) is 0 Å². The van der Waals surface area contributed by atoms with Gasteiger partial charge in [-0.1, -0.05) is 54.6 Å². The lowest BCUT2D eigenvalue weighted by molar-refractivity contribution is -0.183. The molecular formula is C16H16O2. The van der Waals surface area contributed by atoms with Crippen LogP contribution in [0.2, 0.25) is 0 Å². The molecule has 0 bridgehead atoms. The molecule has 1 fully saturated rings. The summed E-state index contributed by atoms with van der Waals surface area (Å²) < 4.78 is 11.2. The van der Waals surface area contributed by atoms with Crippen LogP contribution in [0.25, 0.3) is 11.1 Å². The molecule has 0 atom stereocenters. The highest BCUT2D eigenvalue weighted by atomic mass is 16.7. The van der Waals surface area contributed by atoms with Gasteiger partial charge in [0.1, 0.15) is 0 Å². The molecule has 0 radical (unpaired) electrons. The van der Waals surface area contributed by atoms with E-state index in [-0.39, 0.29) is 6.29 Å². The van der Waals surface area contributed by atoms with E-state index in [1.54, 1.807) is 0 Å². The van der Waals surface area contributed by atoms with Crippen molar-refractivity contribution in [2.45, 2.75) is 12.7 Å². The van der Waals surface area contributed by atoms with E-state index in [4.69, 9.17) is 9.47 Å². The summed E-state index contributed by atoms with van der Waals surface area (Å²) in [5.74, 6) is 0. The highest BCUT2D eigenvalue weighted by Crippen LogP contribution is 2.26. The van der Waals surface area contributed by atoms with Crippen molar-refractivity contribution in [2.75, 3.05) is 13.2 Å². The van der Waals surface area contributed by atoms with E-state index in [9.17, 15) is 0 Å². The van der Waals surface area contributed by atoms with E-state index < -0.39 is 0 Å². The number of rotatable bonds is 2. The molecule has 1 aliphatic rings. The molecule has 2 aromatic carbocycles. The van der Waals surface area contributed by atoms with Crippen LogP contribution in [0.4, 0.5) is 0 Å². The molecule has 92 valence electrons. The summed E-state index contributed by atoms with van der Waals surface area (Å²) in [7, 11) is 0. The second-order valence-electron chi connectivity index (χ2n) is 4.42. The van der Waals surface area contributed by atoms with Gasteiger partial charge in [0.2, 0.25) is 0 Å². The second-order valence-corrected chi connectivity index (χ2v) is 4.42. The van der Waals surface area contributed by atoms with Crippen LogP contribution in [-0.2, 0) is 9.47 Å². The molecule has 1 saturated heterocycles. The summed E-state index contributed by atoms with van der Waals surface area (Å²) in [5, 5.41) is 0.